The van der Waals surface area contributed by atoms with Crippen LogP contribution < -0.4 is 5.56 Å². The molecule has 0 aromatic carbocycles. The number of hydrogen-bond donors (Lipinski definition) is 2. The fraction of sp³-hybridized carbons (Fsp3) is 0. The van der Waals surface area contributed by atoms with E-state index in [0.717, 1.165) is 5.56 Å². The van der Waals surface area contributed by atoms with E-state index in [0.29, 0.717) is 17.0 Å². The van der Waals surface area contributed by atoms with Crippen LogP contribution in [-0.4, -0.2) is 24.9 Å². The first-order chi connectivity index (χ1) is 7.84. The Morgan fingerprint density at radius 2 is 2.00 bits per heavy atom. The average molecular weight is 213 g/mol. The minimum atomic E-state index is -0.227. The highest BCUT2D eigenvalue weighted by atomic mass is 16.1. The maximum Gasteiger partial charge on any atom is 0.277 e. The van der Waals surface area contributed by atoms with Crippen LogP contribution in [-0.2, 0) is 0 Å². The van der Waals surface area contributed by atoms with E-state index in [-0.39, 0.29) is 5.56 Å². The molecule has 3 aromatic heterocycles. The van der Waals surface area contributed by atoms with Crippen molar-refractivity contribution in [3.63, 3.8) is 0 Å². The largest absolute Gasteiger partial charge is 0.339 e. The number of fused-ring (bicyclic) bond motifs is 1. The Morgan fingerprint density at radius 1 is 1.19 bits per heavy atom. The van der Waals surface area contributed by atoms with Gasteiger partial charge in [0.15, 0.2) is 11.2 Å². The standard InChI is InChI=1S/C10H7N5O/c16-10-7-9(13-5-12-7)14-8(15-10)6-1-3-11-4-2-6/h1-5H,(H2,12,13,14,15,16). The molecule has 0 fully saturated rings. The number of rotatable bonds is 1. The van der Waals surface area contributed by atoms with E-state index in [1.54, 1.807) is 24.5 Å². The summed E-state index contributed by atoms with van der Waals surface area (Å²) in [5.41, 5.74) is 1.37. The summed E-state index contributed by atoms with van der Waals surface area (Å²) in [5, 5.41) is 0. The molecule has 0 amide bonds. The zero-order valence-electron chi connectivity index (χ0n) is 8.14. The summed E-state index contributed by atoms with van der Waals surface area (Å²) >= 11 is 0. The van der Waals surface area contributed by atoms with E-state index < -0.39 is 0 Å². The summed E-state index contributed by atoms with van der Waals surface area (Å²) < 4.78 is 0. The van der Waals surface area contributed by atoms with Gasteiger partial charge in [-0.05, 0) is 12.1 Å². The summed E-state index contributed by atoms with van der Waals surface area (Å²) in [7, 11) is 0. The number of imidazole rings is 1. The number of aromatic nitrogens is 5. The van der Waals surface area contributed by atoms with Crippen molar-refractivity contribution in [2.75, 3.05) is 0 Å². The van der Waals surface area contributed by atoms with E-state index in [9.17, 15) is 4.79 Å². The molecule has 6 nitrogen and oxygen atoms in total. The summed E-state index contributed by atoms with van der Waals surface area (Å²) in [6.45, 7) is 0. The molecule has 0 saturated carbocycles. The number of nitrogens with zero attached hydrogens (tertiary/aromatic N) is 3. The molecule has 0 aliphatic carbocycles. The maximum absolute atomic E-state index is 11.7. The number of hydrogen-bond acceptors (Lipinski definition) is 4. The highest BCUT2D eigenvalue weighted by molar-refractivity contribution is 5.71. The Hall–Kier alpha value is -2.50. The second kappa shape index (κ2) is 3.27. The molecule has 0 atom stereocenters. The van der Waals surface area contributed by atoms with Crippen molar-refractivity contribution >= 4 is 11.2 Å². The average Bonchev–Trinajstić information content (AvgIpc) is 2.79. The molecule has 0 spiro atoms. The molecule has 0 radical (unpaired) electrons. The van der Waals surface area contributed by atoms with Crippen LogP contribution in [0.25, 0.3) is 22.6 Å². The fourth-order valence-electron chi connectivity index (χ4n) is 1.49. The number of nitrogens with one attached hydrogen (secondary N) is 2. The summed E-state index contributed by atoms with van der Waals surface area (Å²) in [6.07, 6.45) is 4.73. The third-order valence-electron chi connectivity index (χ3n) is 2.25. The summed E-state index contributed by atoms with van der Waals surface area (Å²) in [4.78, 5) is 29.2. The predicted molar refractivity (Wildman–Crippen MR) is 57.7 cm³/mol. The van der Waals surface area contributed by atoms with Crippen LogP contribution in [0.5, 0.6) is 0 Å². The van der Waals surface area contributed by atoms with Gasteiger partial charge in [0.25, 0.3) is 5.56 Å². The Morgan fingerprint density at radius 3 is 2.81 bits per heavy atom. The van der Waals surface area contributed by atoms with E-state index in [4.69, 9.17) is 0 Å². The van der Waals surface area contributed by atoms with Crippen LogP contribution in [0, 0.1) is 0 Å². The quantitative estimate of drug-likeness (QED) is 0.623. The highest BCUT2D eigenvalue weighted by Gasteiger charge is 2.06. The van der Waals surface area contributed by atoms with Gasteiger partial charge in [-0.15, -0.1) is 0 Å². The van der Waals surface area contributed by atoms with Gasteiger partial charge in [0.1, 0.15) is 5.82 Å². The molecule has 0 saturated heterocycles. The van der Waals surface area contributed by atoms with Gasteiger partial charge in [-0.1, -0.05) is 0 Å². The lowest BCUT2D eigenvalue weighted by molar-refractivity contribution is 1.16. The van der Waals surface area contributed by atoms with Gasteiger partial charge in [-0.25, -0.2) is 9.97 Å². The second-order valence-corrected chi connectivity index (χ2v) is 3.25. The molecule has 16 heavy (non-hydrogen) atoms. The normalized spacial score (nSPS) is 10.8. The van der Waals surface area contributed by atoms with Crippen molar-refractivity contribution in [2.24, 2.45) is 0 Å². The van der Waals surface area contributed by atoms with Crippen molar-refractivity contribution in [1.29, 1.82) is 0 Å². The van der Waals surface area contributed by atoms with Crippen molar-refractivity contribution in [2.45, 2.75) is 0 Å². The van der Waals surface area contributed by atoms with Crippen LogP contribution >= 0.6 is 0 Å². The van der Waals surface area contributed by atoms with Crippen molar-refractivity contribution in [3.05, 3.63) is 41.2 Å². The first-order valence-electron chi connectivity index (χ1n) is 4.68. The third-order valence-corrected chi connectivity index (χ3v) is 2.25. The monoisotopic (exact) mass is 213 g/mol. The van der Waals surface area contributed by atoms with Gasteiger partial charge >= 0.3 is 0 Å². The Kier molecular flexibility index (Phi) is 1.79. The van der Waals surface area contributed by atoms with Gasteiger partial charge in [0, 0.05) is 18.0 Å². The maximum atomic E-state index is 11.7. The molecule has 2 N–H and O–H groups in total. The van der Waals surface area contributed by atoms with Gasteiger partial charge < -0.3 is 9.97 Å². The third kappa shape index (κ3) is 1.28. The summed E-state index contributed by atoms with van der Waals surface area (Å²) in [5.74, 6) is 0.493. The molecular formula is C10H7N5O. The van der Waals surface area contributed by atoms with E-state index in [2.05, 4.69) is 24.9 Å². The molecule has 0 unspecified atom stereocenters. The van der Waals surface area contributed by atoms with Crippen LogP contribution in [0.1, 0.15) is 0 Å². The van der Waals surface area contributed by atoms with Crippen molar-refractivity contribution in [3.8, 4) is 11.4 Å². The highest BCUT2D eigenvalue weighted by Crippen LogP contribution is 2.12. The first kappa shape index (κ1) is 8.78. The molecule has 6 heteroatoms. The Labute approximate surface area is 89.4 Å². The van der Waals surface area contributed by atoms with E-state index in [1.165, 1.54) is 6.33 Å². The van der Waals surface area contributed by atoms with Crippen LogP contribution in [0.15, 0.2) is 35.6 Å². The van der Waals surface area contributed by atoms with Gasteiger partial charge in [0.05, 0.1) is 6.33 Å². The zero-order valence-corrected chi connectivity index (χ0v) is 8.14. The van der Waals surface area contributed by atoms with Crippen molar-refractivity contribution < 1.29 is 0 Å². The lowest BCUT2D eigenvalue weighted by Gasteiger charge is -1.98. The Balaban J connectivity index is 2.30. The molecule has 3 rings (SSSR count). The Bertz CT molecular complexity index is 685. The smallest absolute Gasteiger partial charge is 0.277 e. The minimum Gasteiger partial charge on any atom is -0.339 e. The molecule has 3 heterocycles. The van der Waals surface area contributed by atoms with Gasteiger partial charge in [-0.3, -0.25) is 9.78 Å². The number of pyridine rings is 1. The van der Waals surface area contributed by atoms with Crippen molar-refractivity contribution in [1.82, 2.24) is 24.9 Å². The molecular weight excluding hydrogens is 206 g/mol. The molecule has 0 bridgehead atoms. The topological polar surface area (TPSA) is 87.3 Å². The molecule has 0 aliphatic rings. The van der Waals surface area contributed by atoms with E-state index in [1.807, 2.05) is 0 Å². The molecule has 3 aromatic rings. The van der Waals surface area contributed by atoms with E-state index >= 15 is 0 Å². The fourth-order valence-corrected chi connectivity index (χ4v) is 1.49. The van der Waals surface area contributed by atoms with Crippen LogP contribution in [0.2, 0.25) is 0 Å². The lowest BCUT2D eigenvalue weighted by atomic mass is 10.2. The number of aromatic amines is 2. The van der Waals surface area contributed by atoms with Crippen LogP contribution in [0.4, 0.5) is 0 Å². The van der Waals surface area contributed by atoms with Gasteiger partial charge in [0.2, 0.25) is 0 Å². The van der Waals surface area contributed by atoms with Gasteiger partial charge in [-0.2, -0.15) is 0 Å². The predicted octanol–water partition coefficient (Wildman–Crippen LogP) is 0.708. The molecule has 0 aliphatic heterocycles. The lowest BCUT2D eigenvalue weighted by Crippen LogP contribution is -2.09. The minimum absolute atomic E-state index is 0.227. The zero-order chi connectivity index (χ0) is 11.0. The number of H-pyrrole nitrogens is 2. The summed E-state index contributed by atoms with van der Waals surface area (Å²) in [6, 6.07) is 3.55. The van der Waals surface area contributed by atoms with Crippen LogP contribution in [0.3, 0.4) is 0 Å². The SMILES string of the molecule is O=c1[nH]c(-c2ccncc2)nc2nc[nH]c12. The molecule has 78 valence electrons. The second-order valence-electron chi connectivity index (χ2n) is 3.25. The first-order valence-corrected chi connectivity index (χ1v) is 4.68.